The Balaban J connectivity index is 1.34. The number of rotatable bonds is 6. The zero-order valence-electron chi connectivity index (χ0n) is 18.1. The van der Waals surface area contributed by atoms with E-state index in [0.717, 1.165) is 32.4 Å². The van der Waals surface area contributed by atoms with Crippen molar-refractivity contribution in [1.29, 1.82) is 0 Å². The van der Waals surface area contributed by atoms with Gasteiger partial charge in [-0.2, -0.15) is 0 Å². The largest absolute Gasteiger partial charge is 0.366 e. The van der Waals surface area contributed by atoms with Gasteiger partial charge in [-0.15, -0.1) is 0 Å². The summed E-state index contributed by atoms with van der Waals surface area (Å²) >= 11 is 0. The molecular formula is C23H32N4O4. The van der Waals surface area contributed by atoms with Gasteiger partial charge >= 0.3 is 0 Å². The first-order valence-corrected chi connectivity index (χ1v) is 11.6. The van der Waals surface area contributed by atoms with E-state index >= 15 is 0 Å². The van der Waals surface area contributed by atoms with Crippen molar-refractivity contribution in [3.8, 4) is 0 Å². The van der Waals surface area contributed by atoms with Gasteiger partial charge in [0.25, 0.3) is 11.6 Å². The zero-order valence-corrected chi connectivity index (χ0v) is 18.1. The number of carbonyl (C=O) groups is 2. The first-order chi connectivity index (χ1) is 15.0. The summed E-state index contributed by atoms with van der Waals surface area (Å²) < 4.78 is 0. The molecular weight excluding hydrogens is 396 g/mol. The standard InChI is InChI=1S/C23H32N4O4/c28-22(10-7-18-5-1-2-6-18)25-13-15-26(16-14-25)23(29)19-8-9-20(21(17-19)27(30)31)24-11-3-4-12-24/h8-9,17-18H,1-7,10-16H2. The minimum absolute atomic E-state index is 0.00604. The van der Waals surface area contributed by atoms with Gasteiger partial charge in [0.1, 0.15) is 5.69 Å². The van der Waals surface area contributed by atoms with Crippen LogP contribution >= 0.6 is 0 Å². The van der Waals surface area contributed by atoms with Crippen molar-refractivity contribution in [3.63, 3.8) is 0 Å². The Labute approximate surface area is 183 Å². The lowest BCUT2D eigenvalue weighted by molar-refractivity contribution is -0.384. The van der Waals surface area contributed by atoms with Gasteiger partial charge in [-0.1, -0.05) is 25.7 Å². The van der Waals surface area contributed by atoms with E-state index in [9.17, 15) is 19.7 Å². The van der Waals surface area contributed by atoms with Gasteiger partial charge < -0.3 is 14.7 Å². The fourth-order valence-corrected chi connectivity index (χ4v) is 5.15. The highest BCUT2D eigenvalue weighted by molar-refractivity contribution is 5.96. The van der Waals surface area contributed by atoms with E-state index in [1.807, 2.05) is 9.80 Å². The molecule has 2 amide bonds. The number of piperazine rings is 1. The summed E-state index contributed by atoms with van der Waals surface area (Å²) in [7, 11) is 0. The van der Waals surface area contributed by atoms with Gasteiger partial charge in [0, 0.05) is 57.3 Å². The molecule has 0 unspecified atom stereocenters. The first-order valence-electron chi connectivity index (χ1n) is 11.6. The molecule has 3 aliphatic rings. The van der Waals surface area contributed by atoms with Crippen LogP contribution < -0.4 is 4.90 Å². The molecule has 8 heteroatoms. The predicted octanol–water partition coefficient (Wildman–Crippen LogP) is 3.45. The van der Waals surface area contributed by atoms with Gasteiger partial charge in [0.15, 0.2) is 0 Å². The van der Waals surface area contributed by atoms with Crippen molar-refractivity contribution in [1.82, 2.24) is 9.80 Å². The second-order valence-electron chi connectivity index (χ2n) is 9.02. The molecule has 2 heterocycles. The van der Waals surface area contributed by atoms with Crippen LogP contribution in [0.3, 0.4) is 0 Å². The number of hydrogen-bond acceptors (Lipinski definition) is 5. The number of carbonyl (C=O) groups excluding carboxylic acids is 2. The van der Waals surface area contributed by atoms with Crippen LogP contribution in [0.2, 0.25) is 0 Å². The van der Waals surface area contributed by atoms with Crippen LogP contribution in [0.15, 0.2) is 18.2 Å². The van der Waals surface area contributed by atoms with Crippen LogP contribution in [0.1, 0.15) is 61.7 Å². The van der Waals surface area contributed by atoms with Crippen molar-refractivity contribution >= 4 is 23.2 Å². The summed E-state index contributed by atoms with van der Waals surface area (Å²) in [6, 6.07) is 4.82. The summed E-state index contributed by atoms with van der Waals surface area (Å²) in [5.74, 6) is 0.685. The third kappa shape index (κ3) is 4.99. The molecule has 4 rings (SSSR count). The summed E-state index contributed by atoms with van der Waals surface area (Å²) in [4.78, 5) is 42.3. The second-order valence-corrected chi connectivity index (χ2v) is 9.02. The van der Waals surface area contributed by atoms with Crippen LogP contribution in [-0.4, -0.2) is 65.8 Å². The topological polar surface area (TPSA) is 87.0 Å². The average molecular weight is 429 g/mol. The number of anilines is 1. The second kappa shape index (κ2) is 9.66. The van der Waals surface area contributed by atoms with E-state index in [4.69, 9.17) is 0 Å². The lowest BCUT2D eigenvalue weighted by Gasteiger charge is -2.35. The van der Waals surface area contributed by atoms with E-state index < -0.39 is 4.92 Å². The van der Waals surface area contributed by atoms with Crippen LogP contribution in [-0.2, 0) is 4.79 Å². The smallest absolute Gasteiger partial charge is 0.293 e. The normalized spacial score (nSPS) is 19.8. The van der Waals surface area contributed by atoms with Crippen molar-refractivity contribution in [2.45, 2.75) is 51.4 Å². The third-order valence-electron chi connectivity index (χ3n) is 7.03. The average Bonchev–Trinajstić information content (AvgIpc) is 3.51. The quantitative estimate of drug-likeness (QED) is 0.512. The first kappa shape index (κ1) is 21.6. The van der Waals surface area contributed by atoms with Crippen molar-refractivity contribution in [3.05, 3.63) is 33.9 Å². The molecule has 0 spiro atoms. The Kier molecular flexibility index (Phi) is 6.73. The lowest BCUT2D eigenvalue weighted by atomic mass is 10.0. The van der Waals surface area contributed by atoms with Gasteiger partial charge in [-0.25, -0.2) is 0 Å². The molecule has 0 atom stereocenters. The molecule has 1 aromatic rings. The minimum Gasteiger partial charge on any atom is -0.366 e. The molecule has 0 bridgehead atoms. The highest BCUT2D eigenvalue weighted by atomic mass is 16.6. The molecule has 2 saturated heterocycles. The molecule has 168 valence electrons. The lowest BCUT2D eigenvalue weighted by Crippen LogP contribution is -2.50. The monoisotopic (exact) mass is 428 g/mol. The Morgan fingerprint density at radius 1 is 0.935 bits per heavy atom. The molecule has 1 aromatic carbocycles. The van der Waals surface area contributed by atoms with Gasteiger partial charge in [0.05, 0.1) is 4.92 Å². The van der Waals surface area contributed by atoms with Crippen molar-refractivity contribution in [2.75, 3.05) is 44.2 Å². The highest BCUT2D eigenvalue weighted by Crippen LogP contribution is 2.32. The molecule has 31 heavy (non-hydrogen) atoms. The van der Waals surface area contributed by atoms with Gasteiger partial charge in [0.2, 0.25) is 5.91 Å². The van der Waals surface area contributed by atoms with Gasteiger partial charge in [-0.3, -0.25) is 19.7 Å². The predicted molar refractivity (Wildman–Crippen MR) is 118 cm³/mol. The Hall–Kier alpha value is -2.64. The van der Waals surface area contributed by atoms with Crippen molar-refractivity contribution < 1.29 is 14.5 Å². The number of amides is 2. The Morgan fingerprint density at radius 2 is 1.58 bits per heavy atom. The Morgan fingerprint density at radius 3 is 2.23 bits per heavy atom. The molecule has 8 nitrogen and oxygen atoms in total. The van der Waals surface area contributed by atoms with Crippen LogP contribution in [0, 0.1) is 16.0 Å². The summed E-state index contributed by atoms with van der Waals surface area (Å²) in [5.41, 5.74) is 0.931. The fraction of sp³-hybridized carbons (Fsp3) is 0.652. The fourth-order valence-electron chi connectivity index (χ4n) is 5.15. The molecule has 1 aliphatic carbocycles. The Bertz CT molecular complexity index is 823. The number of benzene rings is 1. The zero-order chi connectivity index (χ0) is 21.8. The third-order valence-corrected chi connectivity index (χ3v) is 7.03. The summed E-state index contributed by atoms with van der Waals surface area (Å²) in [6.07, 6.45) is 8.71. The van der Waals surface area contributed by atoms with E-state index in [-0.39, 0.29) is 17.5 Å². The molecule has 0 radical (unpaired) electrons. The number of nitro groups is 1. The van der Waals surface area contributed by atoms with E-state index in [0.29, 0.717) is 49.8 Å². The number of hydrogen-bond donors (Lipinski definition) is 0. The minimum atomic E-state index is -0.397. The van der Waals surface area contributed by atoms with Crippen LogP contribution in [0.5, 0.6) is 0 Å². The van der Waals surface area contributed by atoms with Crippen LogP contribution in [0.4, 0.5) is 11.4 Å². The summed E-state index contributed by atoms with van der Waals surface area (Å²) in [5, 5.41) is 11.6. The highest BCUT2D eigenvalue weighted by Gasteiger charge is 2.28. The molecule has 0 aromatic heterocycles. The van der Waals surface area contributed by atoms with E-state index in [1.54, 1.807) is 17.0 Å². The SMILES string of the molecule is O=C(CCC1CCCC1)N1CCN(C(=O)c2ccc(N3CCCC3)c([N+](=O)[O-])c2)CC1. The number of nitrogens with zero attached hydrogens (tertiary/aromatic N) is 4. The van der Waals surface area contributed by atoms with Crippen molar-refractivity contribution in [2.24, 2.45) is 5.92 Å². The summed E-state index contributed by atoms with van der Waals surface area (Å²) in [6.45, 7) is 3.62. The number of nitro benzene ring substituents is 1. The molecule has 3 fully saturated rings. The molecule has 1 saturated carbocycles. The maximum Gasteiger partial charge on any atom is 0.293 e. The molecule has 2 aliphatic heterocycles. The van der Waals surface area contributed by atoms with Gasteiger partial charge in [-0.05, 0) is 37.3 Å². The van der Waals surface area contributed by atoms with Crippen LogP contribution in [0.25, 0.3) is 0 Å². The molecule has 0 N–H and O–H groups in total. The van der Waals surface area contributed by atoms with E-state index in [1.165, 1.54) is 31.7 Å². The van der Waals surface area contributed by atoms with E-state index in [2.05, 4.69) is 0 Å². The maximum atomic E-state index is 13.0. The maximum absolute atomic E-state index is 13.0.